The Morgan fingerprint density at radius 2 is 2.35 bits per heavy atom. The van der Waals surface area contributed by atoms with Gasteiger partial charge in [0.1, 0.15) is 17.7 Å². The highest BCUT2D eigenvalue weighted by Gasteiger charge is 2.16. The van der Waals surface area contributed by atoms with E-state index in [4.69, 9.17) is 10.5 Å². The first kappa shape index (κ1) is 13.4. The zero-order chi connectivity index (χ0) is 13.9. The molecule has 1 aromatic heterocycles. The van der Waals surface area contributed by atoms with Crippen LogP contribution in [0.1, 0.15) is 12.8 Å². The normalized spacial score (nSPS) is 18.9. The van der Waals surface area contributed by atoms with E-state index in [0.717, 1.165) is 29.1 Å². The quantitative estimate of drug-likeness (QED) is 0.944. The van der Waals surface area contributed by atoms with Gasteiger partial charge in [-0.05, 0) is 36.3 Å². The second-order valence-electron chi connectivity index (χ2n) is 5.05. The van der Waals surface area contributed by atoms with Gasteiger partial charge in [-0.1, -0.05) is 12.1 Å². The number of nitrogens with two attached hydrogens (primary N) is 1. The molecule has 0 bridgehead atoms. The number of ether oxygens (including phenoxy) is 1. The fraction of sp³-hybridized carbons (Fsp3) is 0.400. The SMILES string of the molecule is Cn1ncc(-c2cccc(OC3CCCSC3)c2)c1N. The van der Waals surface area contributed by atoms with Gasteiger partial charge < -0.3 is 10.5 Å². The molecule has 0 spiro atoms. The summed E-state index contributed by atoms with van der Waals surface area (Å²) in [5.41, 5.74) is 8.03. The Labute approximate surface area is 123 Å². The van der Waals surface area contributed by atoms with Crippen LogP contribution in [0.4, 0.5) is 5.82 Å². The molecule has 2 N–H and O–H groups in total. The summed E-state index contributed by atoms with van der Waals surface area (Å²) in [5, 5.41) is 4.19. The molecule has 0 amide bonds. The van der Waals surface area contributed by atoms with Crippen LogP contribution in [0.3, 0.4) is 0 Å². The predicted octanol–water partition coefficient (Wildman–Crippen LogP) is 2.94. The predicted molar refractivity (Wildman–Crippen MR) is 84.0 cm³/mol. The lowest BCUT2D eigenvalue weighted by molar-refractivity contribution is 0.211. The van der Waals surface area contributed by atoms with Gasteiger partial charge in [-0.15, -0.1) is 0 Å². The molecule has 1 aromatic carbocycles. The number of anilines is 1. The summed E-state index contributed by atoms with van der Waals surface area (Å²) in [7, 11) is 1.85. The third-order valence-corrected chi connectivity index (χ3v) is 4.74. The highest BCUT2D eigenvalue weighted by Crippen LogP contribution is 2.29. The minimum absolute atomic E-state index is 0.329. The zero-order valence-corrected chi connectivity index (χ0v) is 12.4. The lowest BCUT2D eigenvalue weighted by atomic mass is 10.1. The smallest absolute Gasteiger partial charge is 0.129 e. The van der Waals surface area contributed by atoms with Crippen LogP contribution < -0.4 is 10.5 Å². The fourth-order valence-corrected chi connectivity index (χ4v) is 3.44. The topological polar surface area (TPSA) is 53.1 Å². The highest BCUT2D eigenvalue weighted by molar-refractivity contribution is 7.99. The molecule has 2 heterocycles. The lowest BCUT2D eigenvalue weighted by Crippen LogP contribution is -2.23. The Balaban J connectivity index is 1.80. The minimum Gasteiger partial charge on any atom is -0.490 e. The summed E-state index contributed by atoms with van der Waals surface area (Å²) >= 11 is 1.97. The molecule has 5 heteroatoms. The summed E-state index contributed by atoms with van der Waals surface area (Å²) in [6.07, 6.45) is 4.51. The van der Waals surface area contributed by atoms with E-state index in [9.17, 15) is 0 Å². The molecule has 4 nitrogen and oxygen atoms in total. The molecule has 1 unspecified atom stereocenters. The van der Waals surface area contributed by atoms with E-state index in [1.54, 1.807) is 10.9 Å². The monoisotopic (exact) mass is 289 g/mol. The van der Waals surface area contributed by atoms with Crippen molar-refractivity contribution in [3.8, 4) is 16.9 Å². The van der Waals surface area contributed by atoms with Crippen LogP contribution in [-0.2, 0) is 7.05 Å². The first-order valence-electron chi connectivity index (χ1n) is 6.86. The largest absolute Gasteiger partial charge is 0.490 e. The van der Waals surface area contributed by atoms with Gasteiger partial charge in [0.05, 0.1) is 6.20 Å². The van der Waals surface area contributed by atoms with Gasteiger partial charge in [-0.25, -0.2) is 0 Å². The van der Waals surface area contributed by atoms with Crippen molar-refractivity contribution < 1.29 is 4.74 Å². The Kier molecular flexibility index (Phi) is 3.87. The number of nitrogen functional groups attached to an aromatic ring is 1. The zero-order valence-electron chi connectivity index (χ0n) is 11.6. The number of thioether (sulfide) groups is 1. The van der Waals surface area contributed by atoms with Gasteiger partial charge in [-0.3, -0.25) is 4.68 Å². The highest BCUT2D eigenvalue weighted by atomic mass is 32.2. The lowest BCUT2D eigenvalue weighted by Gasteiger charge is -2.22. The molecule has 106 valence electrons. The van der Waals surface area contributed by atoms with E-state index in [1.807, 2.05) is 43.1 Å². The van der Waals surface area contributed by atoms with Crippen LogP contribution in [0.5, 0.6) is 5.75 Å². The number of nitrogens with zero attached hydrogens (tertiary/aromatic N) is 2. The van der Waals surface area contributed by atoms with Crippen molar-refractivity contribution >= 4 is 17.6 Å². The summed E-state index contributed by atoms with van der Waals surface area (Å²) < 4.78 is 7.76. The van der Waals surface area contributed by atoms with Gasteiger partial charge in [0.15, 0.2) is 0 Å². The van der Waals surface area contributed by atoms with Crippen molar-refractivity contribution in [3.63, 3.8) is 0 Å². The van der Waals surface area contributed by atoms with Gasteiger partial charge >= 0.3 is 0 Å². The molecule has 1 aliphatic heterocycles. The number of benzene rings is 1. The molecule has 0 radical (unpaired) electrons. The Morgan fingerprint density at radius 3 is 3.05 bits per heavy atom. The molecule has 1 fully saturated rings. The number of hydrogen-bond donors (Lipinski definition) is 1. The minimum atomic E-state index is 0.329. The Bertz CT molecular complexity index is 591. The van der Waals surface area contributed by atoms with E-state index < -0.39 is 0 Å². The number of aromatic nitrogens is 2. The molecule has 2 aromatic rings. The number of rotatable bonds is 3. The van der Waals surface area contributed by atoms with Crippen LogP contribution >= 0.6 is 11.8 Å². The summed E-state index contributed by atoms with van der Waals surface area (Å²) in [4.78, 5) is 0. The van der Waals surface area contributed by atoms with E-state index in [0.29, 0.717) is 11.9 Å². The average molecular weight is 289 g/mol. The van der Waals surface area contributed by atoms with E-state index in [2.05, 4.69) is 5.10 Å². The third kappa shape index (κ3) is 2.77. The molecule has 3 rings (SSSR count). The number of aryl methyl sites for hydroxylation is 1. The second kappa shape index (κ2) is 5.79. The van der Waals surface area contributed by atoms with Crippen molar-refractivity contribution in [2.75, 3.05) is 17.2 Å². The van der Waals surface area contributed by atoms with Crippen molar-refractivity contribution in [2.24, 2.45) is 7.05 Å². The molecule has 20 heavy (non-hydrogen) atoms. The van der Waals surface area contributed by atoms with Gasteiger partial charge in [-0.2, -0.15) is 16.9 Å². The fourth-order valence-electron chi connectivity index (χ4n) is 2.40. The maximum Gasteiger partial charge on any atom is 0.129 e. The average Bonchev–Trinajstić information content (AvgIpc) is 2.80. The first-order chi connectivity index (χ1) is 9.74. The van der Waals surface area contributed by atoms with Crippen molar-refractivity contribution in [1.82, 2.24) is 9.78 Å². The summed E-state index contributed by atoms with van der Waals surface area (Å²) in [5.74, 6) is 3.93. The van der Waals surface area contributed by atoms with E-state index in [1.165, 1.54) is 12.2 Å². The number of hydrogen-bond acceptors (Lipinski definition) is 4. The van der Waals surface area contributed by atoms with Gasteiger partial charge in [0.25, 0.3) is 0 Å². The third-order valence-electron chi connectivity index (χ3n) is 3.55. The van der Waals surface area contributed by atoms with Crippen molar-refractivity contribution in [1.29, 1.82) is 0 Å². The van der Waals surface area contributed by atoms with Crippen LogP contribution in [0, 0.1) is 0 Å². The van der Waals surface area contributed by atoms with Crippen molar-refractivity contribution in [2.45, 2.75) is 18.9 Å². The molecule has 1 saturated heterocycles. The maximum absolute atomic E-state index is 6.08. The Hall–Kier alpha value is -1.62. The standard InChI is InChI=1S/C15H19N3OS/c1-18-15(16)14(9-17-18)11-4-2-5-12(8-11)19-13-6-3-7-20-10-13/h2,4-5,8-9,13H,3,6-7,10,16H2,1H3. The van der Waals surface area contributed by atoms with Gasteiger partial charge in [0, 0.05) is 18.4 Å². The molecular weight excluding hydrogens is 270 g/mol. The van der Waals surface area contributed by atoms with Crippen LogP contribution in [0.25, 0.3) is 11.1 Å². The van der Waals surface area contributed by atoms with E-state index in [-0.39, 0.29) is 0 Å². The molecule has 1 aliphatic rings. The van der Waals surface area contributed by atoms with Gasteiger partial charge in [0.2, 0.25) is 0 Å². The summed E-state index contributed by atoms with van der Waals surface area (Å²) in [6.45, 7) is 0. The molecule has 1 atom stereocenters. The summed E-state index contributed by atoms with van der Waals surface area (Å²) in [6, 6.07) is 8.10. The van der Waals surface area contributed by atoms with Crippen LogP contribution in [0.15, 0.2) is 30.5 Å². The second-order valence-corrected chi connectivity index (χ2v) is 6.20. The van der Waals surface area contributed by atoms with Crippen LogP contribution in [0.2, 0.25) is 0 Å². The van der Waals surface area contributed by atoms with Crippen molar-refractivity contribution in [3.05, 3.63) is 30.5 Å². The first-order valence-corrected chi connectivity index (χ1v) is 8.02. The molecule has 0 aliphatic carbocycles. The van der Waals surface area contributed by atoms with E-state index >= 15 is 0 Å². The maximum atomic E-state index is 6.08. The molecular formula is C15H19N3OS. The van der Waals surface area contributed by atoms with Crippen LogP contribution in [-0.4, -0.2) is 27.4 Å². The molecule has 0 saturated carbocycles. The Morgan fingerprint density at radius 1 is 1.45 bits per heavy atom.